The van der Waals surface area contributed by atoms with Crippen molar-refractivity contribution in [2.24, 2.45) is 0 Å². The second-order valence-corrected chi connectivity index (χ2v) is 5.67. The van der Waals surface area contributed by atoms with Crippen LogP contribution in [0.3, 0.4) is 0 Å². The number of carbonyl (C=O) groups excluding carboxylic acids is 2. The molecule has 1 atom stereocenters. The molecule has 144 valence electrons. The SMILES string of the molecule is CCOc1ccc(NC(=O)C2CCCN2C(=O)C(F)(F)F)cc1OCC. The lowest BCUT2D eigenvalue weighted by atomic mass is 10.2. The molecule has 1 N–H and O–H groups in total. The molecule has 0 aliphatic carbocycles. The summed E-state index contributed by atoms with van der Waals surface area (Å²) in [6.07, 6.45) is -4.47. The highest BCUT2D eigenvalue weighted by atomic mass is 19.4. The summed E-state index contributed by atoms with van der Waals surface area (Å²) >= 11 is 0. The lowest BCUT2D eigenvalue weighted by molar-refractivity contribution is -0.186. The molecule has 0 bridgehead atoms. The molecule has 2 amide bonds. The fraction of sp³-hybridized carbons (Fsp3) is 0.529. The third kappa shape index (κ3) is 4.59. The van der Waals surface area contributed by atoms with Crippen molar-refractivity contribution in [3.05, 3.63) is 18.2 Å². The van der Waals surface area contributed by atoms with Gasteiger partial charge in [0, 0.05) is 18.3 Å². The van der Waals surface area contributed by atoms with Crippen molar-refractivity contribution in [3.63, 3.8) is 0 Å². The van der Waals surface area contributed by atoms with Gasteiger partial charge >= 0.3 is 12.1 Å². The van der Waals surface area contributed by atoms with Gasteiger partial charge in [-0.25, -0.2) is 0 Å². The first-order chi connectivity index (χ1) is 12.3. The first-order valence-corrected chi connectivity index (χ1v) is 8.36. The molecule has 2 rings (SSSR count). The van der Waals surface area contributed by atoms with E-state index in [2.05, 4.69) is 5.32 Å². The maximum absolute atomic E-state index is 12.7. The molecule has 0 radical (unpaired) electrons. The van der Waals surface area contributed by atoms with Crippen molar-refractivity contribution in [2.45, 2.75) is 38.9 Å². The molecule has 1 heterocycles. The molecule has 0 spiro atoms. The zero-order chi connectivity index (χ0) is 19.3. The molecule has 1 saturated heterocycles. The molecule has 26 heavy (non-hydrogen) atoms. The highest BCUT2D eigenvalue weighted by Gasteiger charge is 2.47. The largest absolute Gasteiger partial charge is 0.490 e. The smallest absolute Gasteiger partial charge is 0.471 e. The fourth-order valence-corrected chi connectivity index (χ4v) is 2.80. The van der Waals surface area contributed by atoms with Gasteiger partial charge in [0.2, 0.25) is 5.91 Å². The Kier molecular flexibility index (Phi) is 6.33. The van der Waals surface area contributed by atoms with Crippen LogP contribution in [0.1, 0.15) is 26.7 Å². The van der Waals surface area contributed by atoms with Gasteiger partial charge in [0.15, 0.2) is 11.5 Å². The minimum absolute atomic E-state index is 0.0933. The number of anilines is 1. The number of carbonyl (C=O) groups is 2. The van der Waals surface area contributed by atoms with Gasteiger partial charge in [0.1, 0.15) is 6.04 Å². The number of amides is 2. The third-order valence-electron chi connectivity index (χ3n) is 3.87. The van der Waals surface area contributed by atoms with Crippen LogP contribution < -0.4 is 14.8 Å². The Labute approximate surface area is 149 Å². The monoisotopic (exact) mass is 374 g/mol. The predicted molar refractivity (Wildman–Crippen MR) is 88.2 cm³/mol. The lowest BCUT2D eigenvalue weighted by Crippen LogP contribution is -2.48. The number of likely N-dealkylation sites (tertiary alicyclic amines) is 1. The number of hydrogen-bond acceptors (Lipinski definition) is 4. The van der Waals surface area contributed by atoms with E-state index in [4.69, 9.17) is 9.47 Å². The Morgan fingerprint density at radius 2 is 1.85 bits per heavy atom. The molecule has 1 unspecified atom stereocenters. The van der Waals surface area contributed by atoms with Crippen LogP contribution >= 0.6 is 0 Å². The summed E-state index contributed by atoms with van der Waals surface area (Å²) in [5.41, 5.74) is 0.355. The lowest BCUT2D eigenvalue weighted by Gasteiger charge is -2.24. The first-order valence-electron chi connectivity index (χ1n) is 8.36. The molecular formula is C17H21F3N2O4. The Morgan fingerprint density at radius 3 is 2.46 bits per heavy atom. The molecule has 1 fully saturated rings. The molecule has 1 aromatic rings. The minimum atomic E-state index is -5.00. The summed E-state index contributed by atoms with van der Waals surface area (Å²) in [4.78, 5) is 24.4. The van der Waals surface area contributed by atoms with Crippen LogP contribution in [-0.2, 0) is 9.59 Å². The van der Waals surface area contributed by atoms with Gasteiger partial charge in [-0.1, -0.05) is 0 Å². The average Bonchev–Trinajstić information content (AvgIpc) is 3.05. The summed E-state index contributed by atoms with van der Waals surface area (Å²) in [5, 5.41) is 2.55. The van der Waals surface area contributed by atoms with Crippen LogP contribution in [0, 0.1) is 0 Å². The molecule has 1 aliphatic rings. The summed E-state index contributed by atoms with van der Waals surface area (Å²) < 4.78 is 48.9. The number of alkyl halides is 3. The van der Waals surface area contributed by atoms with E-state index >= 15 is 0 Å². The van der Waals surface area contributed by atoms with Crippen molar-refractivity contribution in [3.8, 4) is 11.5 Å². The number of hydrogen-bond donors (Lipinski definition) is 1. The highest BCUT2D eigenvalue weighted by Crippen LogP contribution is 2.31. The van der Waals surface area contributed by atoms with Crippen LogP contribution in [0.2, 0.25) is 0 Å². The second kappa shape index (κ2) is 8.29. The molecule has 6 nitrogen and oxygen atoms in total. The number of ether oxygens (including phenoxy) is 2. The first kappa shape index (κ1) is 19.9. The van der Waals surface area contributed by atoms with Crippen LogP contribution in [0.25, 0.3) is 0 Å². The third-order valence-corrected chi connectivity index (χ3v) is 3.87. The van der Waals surface area contributed by atoms with Gasteiger partial charge in [0.05, 0.1) is 13.2 Å². The molecule has 1 aliphatic heterocycles. The fourth-order valence-electron chi connectivity index (χ4n) is 2.80. The summed E-state index contributed by atoms with van der Waals surface area (Å²) in [6.45, 7) is 4.33. The van der Waals surface area contributed by atoms with E-state index in [1.807, 2.05) is 6.92 Å². The van der Waals surface area contributed by atoms with E-state index in [1.54, 1.807) is 19.1 Å². The quantitative estimate of drug-likeness (QED) is 0.831. The van der Waals surface area contributed by atoms with Crippen LogP contribution in [0.4, 0.5) is 18.9 Å². The summed E-state index contributed by atoms with van der Waals surface area (Å²) in [6, 6.07) is 3.57. The van der Waals surface area contributed by atoms with E-state index in [0.717, 1.165) is 0 Å². The molecule has 1 aromatic carbocycles. The van der Waals surface area contributed by atoms with Gasteiger partial charge < -0.3 is 19.7 Å². The zero-order valence-electron chi connectivity index (χ0n) is 14.6. The van der Waals surface area contributed by atoms with Gasteiger partial charge in [-0.3, -0.25) is 9.59 Å². The number of nitrogens with one attached hydrogen (secondary N) is 1. The second-order valence-electron chi connectivity index (χ2n) is 5.67. The van der Waals surface area contributed by atoms with Crippen molar-refractivity contribution in [2.75, 3.05) is 25.1 Å². The number of halogens is 3. The van der Waals surface area contributed by atoms with E-state index in [9.17, 15) is 22.8 Å². The van der Waals surface area contributed by atoms with E-state index in [-0.39, 0.29) is 13.0 Å². The van der Waals surface area contributed by atoms with E-state index < -0.39 is 24.0 Å². The maximum Gasteiger partial charge on any atom is 0.471 e. The van der Waals surface area contributed by atoms with Crippen molar-refractivity contribution in [1.29, 1.82) is 0 Å². The number of nitrogens with zero attached hydrogens (tertiary/aromatic N) is 1. The van der Waals surface area contributed by atoms with Gasteiger partial charge in [-0.05, 0) is 38.8 Å². The molecular weight excluding hydrogens is 353 g/mol. The van der Waals surface area contributed by atoms with E-state index in [0.29, 0.717) is 41.7 Å². The van der Waals surface area contributed by atoms with Crippen LogP contribution in [0.5, 0.6) is 11.5 Å². The Balaban J connectivity index is 2.13. The van der Waals surface area contributed by atoms with Crippen LogP contribution in [-0.4, -0.2) is 48.7 Å². The van der Waals surface area contributed by atoms with Crippen molar-refractivity contribution < 1.29 is 32.2 Å². The minimum Gasteiger partial charge on any atom is -0.490 e. The normalized spacial score (nSPS) is 17.1. The number of rotatable bonds is 6. The zero-order valence-corrected chi connectivity index (χ0v) is 14.6. The van der Waals surface area contributed by atoms with Crippen LogP contribution in [0.15, 0.2) is 18.2 Å². The summed E-state index contributed by atoms with van der Waals surface area (Å²) in [5.74, 6) is -1.73. The Morgan fingerprint density at radius 1 is 1.19 bits per heavy atom. The maximum atomic E-state index is 12.7. The number of benzene rings is 1. The Hall–Kier alpha value is -2.45. The van der Waals surface area contributed by atoms with Gasteiger partial charge in [-0.2, -0.15) is 13.2 Å². The van der Waals surface area contributed by atoms with Gasteiger partial charge in [0.25, 0.3) is 0 Å². The molecule has 0 saturated carbocycles. The topological polar surface area (TPSA) is 67.9 Å². The van der Waals surface area contributed by atoms with Gasteiger partial charge in [-0.15, -0.1) is 0 Å². The van der Waals surface area contributed by atoms with E-state index in [1.165, 1.54) is 6.07 Å². The highest BCUT2D eigenvalue weighted by molar-refractivity contribution is 5.98. The standard InChI is InChI=1S/C17H21F3N2O4/c1-3-25-13-8-7-11(10-14(13)26-4-2)21-15(23)12-6-5-9-22(12)16(24)17(18,19)20/h7-8,10,12H,3-6,9H2,1-2H3,(H,21,23). The molecule has 9 heteroatoms. The average molecular weight is 374 g/mol. The van der Waals surface area contributed by atoms with Crippen molar-refractivity contribution in [1.82, 2.24) is 4.90 Å². The predicted octanol–water partition coefficient (Wildman–Crippen LogP) is 2.98. The molecule has 0 aromatic heterocycles. The summed E-state index contributed by atoms with van der Waals surface area (Å²) in [7, 11) is 0. The Bertz CT molecular complexity index is 664. The van der Waals surface area contributed by atoms with Crippen molar-refractivity contribution >= 4 is 17.5 Å².